The number of fused-ring (bicyclic) bond motifs is 1. The number of hydrogen-bond acceptors (Lipinski definition) is 5. The van der Waals surface area contributed by atoms with E-state index >= 15 is 0 Å². The fraction of sp³-hybridized carbons (Fsp3) is 0.0909. The van der Waals surface area contributed by atoms with Gasteiger partial charge in [-0.3, -0.25) is 14.2 Å². The molecule has 30 heavy (non-hydrogen) atoms. The molecule has 1 amide bonds. The van der Waals surface area contributed by atoms with Crippen molar-refractivity contribution in [3.63, 3.8) is 0 Å². The number of aromatic nitrogens is 3. The Morgan fingerprint density at radius 3 is 2.67 bits per heavy atom. The van der Waals surface area contributed by atoms with E-state index in [1.165, 1.54) is 23.9 Å². The molecule has 0 bridgehead atoms. The van der Waals surface area contributed by atoms with Crippen LogP contribution in [0, 0.1) is 5.82 Å². The second-order valence-corrected chi connectivity index (χ2v) is 6.39. The van der Waals surface area contributed by atoms with Crippen LogP contribution in [-0.2, 0) is 6.54 Å². The maximum Gasteiger partial charge on any atom is 0.288 e. The fourth-order valence-electron chi connectivity index (χ4n) is 3.11. The van der Waals surface area contributed by atoms with Gasteiger partial charge in [0.05, 0.1) is 12.8 Å². The average Bonchev–Trinajstić information content (AvgIpc) is 2.78. The predicted molar refractivity (Wildman–Crippen MR) is 109 cm³/mol. The van der Waals surface area contributed by atoms with Crippen LogP contribution in [0.2, 0.25) is 0 Å². The highest BCUT2D eigenvalue weighted by atomic mass is 19.1. The van der Waals surface area contributed by atoms with Crippen molar-refractivity contribution >= 4 is 17.1 Å². The maximum atomic E-state index is 13.8. The lowest BCUT2D eigenvalue weighted by atomic mass is 10.2. The smallest absolute Gasteiger partial charge is 0.288 e. The highest BCUT2D eigenvalue weighted by Gasteiger charge is 2.21. The Balaban J connectivity index is 1.82. The average molecular weight is 404 g/mol. The molecule has 0 saturated heterocycles. The minimum absolute atomic E-state index is 0.0770. The third-order valence-electron chi connectivity index (χ3n) is 4.55. The first kappa shape index (κ1) is 19.3. The molecule has 0 unspecified atom stereocenters. The van der Waals surface area contributed by atoms with Gasteiger partial charge in [-0.1, -0.05) is 30.3 Å². The molecular weight excluding hydrogens is 387 g/mol. The van der Waals surface area contributed by atoms with Gasteiger partial charge in [-0.05, 0) is 30.3 Å². The van der Waals surface area contributed by atoms with E-state index in [4.69, 9.17) is 4.74 Å². The highest BCUT2D eigenvalue weighted by Crippen LogP contribution is 2.23. The van der Waals surface area contributed by atoms with Crippen molar-refractivity contribution < 1.29 is 13.9 Å². The molecule has 1 N–H and O–H groups in total. The Labute approximate surface area is 170 Å². The zero-order valence-electron chi connectivity index (χ0n) is 16.0. The topological polar surface area (TPSA) is 86.1 Å². The molecule has 150 valence electrons. The fourth-order valence-corrected chi connectivity index (χ4v) is 3.11. The first-order chi connectivity index (χ1) is 14.6. The first-order valence-corrected chi connectivity index (χ1v) is 9.13. The Morgan fingerprint density at radius 1 is 1.10 bits per heavy atom. The van der Waals surface area contributed by atoms with Crippen LogP contribution in [0.25, 0.3) is 16.9 Å². The Hall–Kier alpha value is -4.07. The predicted octanol–water partition coefficient (Wildman–Crippen LogP) is 2.86. The summed E-state index contributed by atoms with van der Waals surface area (Å²) in [6, 6.07) is 16.3. The number of benzene rings is 2. The molecule has 2 aromatic heterocycles. The van der Waals surface area contributed by atoms with Crippen LogP contribution in [0.4, 0.5) is 4.39 Å². The van der Waals surface area contributed by atoms with E-state index in [-0.39, 0.29) is 17.9 Å². The first-order valence-electron chi connectivity index (χ1n) is 9.13. The Bertz CT molecular complexity index is 1300. The summed E-state index contributed by atoms with van der Waals surface area (Å²) in [7, 11) is 1.49. The van der Waals surface area contributed by atoms with Gasteiger partial charge in [-0.2, -0.15) is 0 Å². The standard InChI is InChI=1S/C22H17FN4O3/c1-30-18-11-5-4-10-17(18)27-20-16(9-6-12-24-20)26-19(22(27)29)21(28)25-13-14-7-2-3-8-15(14)23/h2-12H,13H2,1H3,(H,25,28). The number of nitrogens with zero attached hydrogens (tertiary/aromatic N) is 3. The van der Waals surface area contributed by atoms with Gasteiger partial charge in [0.1, 0.15) is 17.1 Å². The van der Waals surface area contributed by atoms with Gasteiger partial charge in [-0.25, -0.2) is 14.4 Å². The second-order valence-electron chi connectivity index (χ2n) is 6.39. The summed E-state index contributed by atoms with van der Waals surface area (Å²) >= 11 is 0. The lowest BCUT2D eigenvalue weighted by Gasteiger charge is -2.14. The highest BCUT2D eigenvalue weighted by molar-refractivity contribution is 5.93. The quantitative estimate of drug-likeness (QED) is 0.553. The molecule has 8 heteroatoms. The monoisotopic (exact) mass is 404 g/mol. The minimum Gasteiger partial charge on any atom is -0.495 e. The van der Waals surface area contributed by atoms with Crippen molar-refractivity contribution in [3.8, 4) is 11.4 Å². The van der Waals surface area contributed by atoms with E-state index < -0.39 is 17.3 Å². The van der Waals surface area contributed by atoms with Gasteiger partial charge in [0.25, 0.3) is 11.5 Å². The number of hydrogen-bond donors (Lipinski definition) is 1. The number of halogens is 1. The zero-order chi connectivity index (χ0) is 21.1. The van der Waals surface area contributed by atoms with Crippen LogP contribution in [0.3, 0.4) is 0 Å². The summed E-state index contributed by atoms with van der Waals surface area (Å²) in [5.41, 5.74) is 0.406. The van der Waals surface area contributed by atoms with Crippen molar-refractivity contribution in [3.05, 3.63) is 94.3 Å². The number of methoxy groups -OCH3 is 1. The van der Waals surface area contributed by atoms with Crippen molar-refractivity contribution in [1.82, 2.24) is 19.9 Å². The van der Waals surface area contributed by atoms with E-state index in [0.717, 1.165) is 0 Å². The van der Waals surface area contributed by atoms with Crippen molar-refractivity contribution in [2.24, 2.45) is 0 Å². The molecule has 0 radical (unpaired) electrons. The number of para-hydroxylation sites is 2. The number of pyridine rings is 1. The number of carbonyl (C=O) groups excluding carboxylic acids is 1. The normalized spacial score (nSPS) is 10.7. The Kier molecular flexibility index (Phi) is 5.21. The maximum absolute atomic E-state index is 13.8. The molecule has 2 aromatic carbocycles. The van der Waals surface area contributed by atoms with E-state index in [1.54, 1.807) is 54.6 Å². The molecule has 4 rings (SSSR count). The van der Waals surface area contributed by atoms with Gasteiger partial charge in [0.2, 0.25) is 0 Å². The lowest BCUT2D eigenvalue weighted by molar-refractivity contribution is 0.0944. The molecule has 0 aliphatic carbocycles. The molecular formula is C22H17FN4O3. The molecule has 7 nitrogen and oxygen atoms in total. The molecule has 0 aliphatic rings. The summed E-state index contributed by atoms with van der Waals surface area (Å²) in [5.74, 6) is -0.715. The molecule has 0 fully saturated rings. The SMILES string of the molecule is COc1ccccc1-n1c(=O)c(C(=O)NCc2ccccc2F)nc2cccnc21. The number of rotatable bonds is 5. The van der Waals surface area contributed by atoms with E-state index in [9.17, 15) is 14.0 Å². The van der Waals surface area contributed by atoms with Gasteiger partial charge < -0.3 is 10.1 Å². The van der Waals surface area contributed by atoms with Crippen LogP contribution in [-0.4, -0.2) is 27.6 Å². The number of amides is 1. The van der Waals surface area contributed by atoms with Crippen LogP contribution < -0.4 is 15.6 Å². The molecule has 0 aliphatic heterocycles. The summed E-state index contributed by atoms with van der Waals surface area (Å²) in [5, 5.41) is 2.56. The molecule has 0 spiro atoms. The van der Waals surface area contributed by atoms with Crippen LogP contribution >= 0.6 is 0 Å². The molecule has 0 saturated carbocycles. The number of ether oxygens (including phenoxy) is 1. The van der Waals surface area contributed by atoms with Crippen LogP contribution in [0.15, 0.2) is 71.7 Å². The third-order valence-corrected chi connectivity index (χ3v) is 4.55. The number of carbonyl (C=O) groups is 1. The number of nitrogens with one attached hydrogen (secondary N) is 1. The zero-order valence-corrected chi connectivity index (χ0v) is 16.0. The van der Waals surface area contributed by atoms with Crippen LogP contribution in [0.1, 0.15) is 16.1 Å². The molecule has 4 aromatic rings. The second kappa shape index (κ2) is 8.12. The summed E-state index contributed by atoms with van der Waals surface area (Å²) < 4.78 is 20.5. The summed E-state index contributed by atoms with van der Waals surface area (Å²) in [6.07, 6.45) is 1.54. The van der Waals surface area contributed by atoms with Gasteiger partial charge >= 0.3 is 0 Å². The van der Waals surface area contributed by atoms with Gasteiger partial charge in [0.15, 0.2) is 11.3 Å². The summed E-state index contributed by atoms with van der Waals surface area (Å²) in [4.78, 5) is 34.5. The van der Waals surface area contributed by atoms with Gasteiger partial charge in [-0.15, -0.1) is 0 Å². The molecule has 0 atom stereocenters. The summed E-state index contributed by atoms with van der Waals surface area (Å²) in [6.45, 7) is -0.0770. The van der Waals surface area contributed by atoms with Crippen molar-refractivity contribution in [1.29, 1.82) is 0 Å². The van der Waals surface area contributed by atoms with Crippen LogP contribution in [0.5, 0.6) is 5.75 Å². The third kappa shape index (κ3) is 3.50. The van der Waals surface area contributed by atoms with Crippen molar-refractivity contribution in [2.45, 2.75) is 6.54 Å². The minimum atomic E-state index is -0.711. The van der Waals surface area contributed by atoms with E-state index in [1.807, 2.05) is 0 Å². The van der Waals surface area contributed by atoms with Gasteiger partial charge in [0, 0.05) is 18.3 Å². The Morgan fingerprint density at radius 2 is 1.87 bits per heavy atom. The van der Waals surface area contributed by atoms with E-state index in [2.05, 4.69) is 15.3 Å². The largest absolute Gasteiger partial charge is 0.495 e. The van der Waals surface area contributed by atoms with Crippen molar-refractivity contribution in [2.75, 3.05) is 7.11 Å². The van der Waals surface area contributed by atoms with E-state index in [0.29, 0.717) is 22.5 Å². The molecule has 2 heterocycles. The lowest BCUT2D eigenvalue weighted by Crippen LogP contribution is -2.34.